The lowest BCUT2D eigenvalue weighted by atomic mass is 9.95. The first-order valence-electron chi connectivity index (χ1n) is 8.83. The monoisotopic (exact) mass is 325 g/mol. The van der Waals surface area contributed by atoms with Gasteiger partial charge >= 0.3 is 6.03 Å². The second-order valence-electron chi connectivity index (χ2n) is 6.56. The van der Waals surface area contributed by atoms with Crippen LogP contribution in [0.25, 0.3) is 0 Å². The summed E-state index contributed by atoms with van der Waals surface area (Å²) >= 11 is 0. The Balaban J connectivity index is 1.38. The lowest BCUT2D eigenvalue weighted by Crippen LogP contribution is -2.49. The lowest BCUT2D eigenvalue weighted by molar-refractivity contribution is 0.115. The van der Waals surface area contributed by atoms with Crippen molar-refractivity contribution in [2.24, 2.45) is 0 Å². The minimum Gasteiger partial charge on any atom is -0.331 e. The molecule has 3 heterocycles. The molecule has 1 atom stereocenters. The zero-order valence-electron chi connectivity index (χ0n) is 13.8. The Morgan fingerprint density at radius 1 is 1.12 bits per heavy atom. The van der Waals surface area contributed by atoms with Gasteiger partial charge in [-0.15, -0.1) is 10.2 Å². The number of benzene rings is 1. The van der Waals surface area contributed by atoms with E-state index in [0.29, 0.717) is 6.54 Å². The number of carbonyl (C=O) groups is 1. The molecule has 0 radical (unpaired) electrons. The maximum atomic E-state index is 12.5. The molecule has 0 unspecified atom stereocenters. The Kier molecular flexibility index (Phi) is 4.19. The number of likely N-dealkylation sites (tertiary alicyclic amines) is 1. The molecule has 1 aromatic carbocycles. The molecule has 2 aromatic rings. The van der Waals surface area contributed by atoms with Crippen molar-refractivity contribution in [2.45, 2.75) is 51.2 Å². The summed E-state index contributed by atoms with van der Waals surface area (Å²) in [5.41, 5.74) is 1.20. The summed E-state index contributed by atoms with van der Waals surface area (Å²) in [7, 11) is 0. The van der Waals surface area contributed by atoms with E-state index in [9.17, 15) is 4.79 Å². The van der Waals surface area contributed by atoms with Gasteiger partial charge in [-0.25, -0.2) is 4.79 Å². The number of rotatable bonds is 3. The largest absolute Gasteiger partial charge is 0.331 e. The molecule has 6 nitrogen and oxygen atoms in total. The highest BCUT2D eigenvalue weighted by molar-refractivity contribution is 5.75. The summed E-state index contributed by atoms with van der Waals surface area (Å²) in [6.07, 6.45) is 5.59. The van der Waals surface area contributed by atoms with Gasteiger partial charge in [-0.3, -0.25) is 0 Å². The molecule has 2 aliphatic heterocycles. The third-order valence-corrected chi connectivity index (χ3v) is 5.05. The van der Waals surface area contributed by atoms with Crippen LogP contribution in [0.15, 0.2) is 30.3 Å². The van der Waals surface area contributed by atoms with Crippen LogP contribution in [0.5, 0.6) is 0 Å². The van der Waals surface area contributed by atoms with E-state index in [1.807, 2.05) is 23.1 Å². The zero-order chi connectivity index (χ0) is 16.4. The number of nitrogens with zero attached hydrogens (tertiary/aromatic N) is 4. The van der Waals surface area contributed by atoms with Crippen LogP contribution in [-0.2, 0) is 19.5 Å². The van der Waals surface area contributed by atoms with E-state index in [2.05, 4.69) is 32.2 Å². The summed E-state index contributed by atoms with van der Waals surface area (Å²) in [4.78, 5) is 14.4. The molecule has 0 aliphatic carbocycles. The van der Waals surface area contributed by atoms with E-state index >= 15 is 0 Å². The highest BCUT2D eigenvalue weighted by Gasteiger charge is 2.33. The number of amides is 2. The van der Waals surface area contributed by atoms with Crippen LogP contribution in [0.2, 0.25) is 0 Å². The van der Waals surface area contributed by atoms with E-state index in [1.54, 1.807) is 0 Å². The number of hydrogen-bond donors (Lipinski definition) is 1. The molecule has 1 saturated heterocycles. The van der Waals surface area contributed by atoms with Crippen LogP contribution in [0.1, 0.15) is 48.9 Å². The Labute approximate surface area is 141 Å². The van der Waals surface area contributed by atoms with Crippen LogP contribution in [0.3, 0.4) is 0 Å². The molecule has 1 N–H and O–H groups in total. The Morgan fingerprint density at radius 3 is 2.79 bits per heavy atom. The minimum absolute atomic E-state index is 0.0129. The fourth-order valence-electron chi connectivity index (χ4n) is 3.58. The molecule has 1 aromatic heterocycles. The molecular weight excluding hydrogens is 302 g/mol. The molecule has 24 heavy (non-hydrogen) atoms. The van der Waals surface area contributed by atoms with Crippen molar-refractivity contribution in [2.75, 3.05) is 6.54 Å². The quantitative estimate of drug-likeness (QED) is 0.943. The average Bonchev–Trinajstić information content (AvgIpc) is 2.79. The standard InChI is InChI=1S/C18H23N5O/c24-18(22-12-10-15(22)14-7-3-1-4-8-14)19-13-17-21-20-16-9-5-2-6-11-23(16)17/h1,3-4,7-8,15H,2,5-6,9-13H2,(H,19,24)/t15-/m1/s1. The smallest absolute Gasteiger partial charge is 0.318 e. The maximum absolute atomic E-state index is 12.5. The minimum atomic E-state index is -0.0129. The first-order valence-corrected chi connectivity index (χ1v) is 8.83. The van der Waals surface area contributed by atoms with Crippen molar-refractivity contribution < 1.29 is 4.79 Å². The summed E-state index contributed by atoms with van der Waals surface area (Å²) in [6.45, 7) is 2.22. The Bertz CT molecular complexity index is 711. The topological polar surface area (TPSA) is 63.1 Å². The zero-order valence-corrected chi connectivity index (χ0v) is 13.8. The molecule has 2 aliphatic rings. The van der Waals surface area contributed by atoms with E-state index in [0.717, 1.165) is 44.0 Å². The molecule has 1 fully saturated rings. The molecular formula is C18H23N5O. The summed E-state index contributed by atoms with van der Waals surface area (Å²) < 4.78 is 2.18. The summed E-state index contributed by atoms with van der Waals surface area (Å²) in [5, 5.41) is 11.6. The molecule has 0 bridgehead atoms. The van der Waals surface area contributed by atoms with Crippen LogP contribution < -0.4 is 5.32 Å². The first-order chi connectivity index (χ1) is 11.8. The molecule has 0 spiro atoms. The van der Waals surface area contributed by atoms with Gasteiger partial charge in [0, 0.05) is 19.5 Å². The normalized spacial score (nSPS) is 20.0. The van der Waals surface area contributed by atoms with Gasteiger partial charge in [-0.2, -0.15) is 0 Å². The van der Waals surface area contributed by atoms with Crippen LogP contribution in [-0.4, -0.2) is 32.2 Å². The molecule has 6 heteroatoms. The first kappa shape index (κ1) is 15.2. The van der Waals surface area contributed by atoms with Crippen molar-refractivity contribution in [1.82, 2.24) is 25.0 Å². The third kappa shape index (κ3) is 2.88. The van der Waals surface area contributed by atoms with E-state index in [4.69, 9.17) is 0 Å². The third-order valence-electron chi connectivity index (χ3n) is 5.05. The Morgan fingerprint density at radius 2 is 2.00 bits per heavy atom. The Hall–Kier alpha value is -2.37. The van der Waals surface area contributed by atoms with Crippen molar-refractivity contribution in [3.63, 3.8) is 0 Å². The molecule has 2 amide bonds. The van der Waals surface area contributed by atoms with Crippen molar-refractivity contribution in [3.05, 3.63) is 47.5 Å². The van der Waals surface area contributed by atoms with Crippen LogP contribution in [0, 0.1) is 0 Å². The highest BCUT2D eigenvalue weighted by Crippen LogP contribution is 2.32. The fourth-order valence-corrected chi connectivity index (χ4v) is 3.58. The second-order valence-corrected chi connectivity index (χ2v) is 6.56. The van der Waals surface area contributed by atoms with Crippen LogP contribution in [0.4, 0.5) is 4.79 Å². The number of aryl methyl sites for hydroxylation is 1. The average molecular weight is 325 g/mol. The molecule has 0 saturated carbocycles. The number of carbonyl (C=O) groups excluding carboxylic acids is 1. The van der Waals surface area contributed by atoms with E-state index < -0.39 is 0 Å². The van der Waals surface area contributed by atoms with Gasteiger partial charge in [0.25, 0.3) is 0 Å². The SMILES string of the molecule is O=C(NCc1nnc2n1CCCCC2)N1CC[C@@H]1c1ccccc1. The predicted molar refractivity (Wildman–Crippen MR) is 90.3 cm³/mol. The van der Waals surface area contributed by atoms with E-state index in [1.165, 1.54) is 18.4 Å². The fraction of sp³-hybridized carbons (Fsp3) is 0.500. The maximum Gasteiger partial charge on any atom is 0.318 e. The number of fused-ring (bicyclic) bond motifs is 1. The summed E-state index contributed by atoms with van der Waals surface area (Å²) in [6, 6.07) is 10.4. The molecule has 126 valence electrons. The lowest BCUT2D eigenvalue weighted by Gasteiger charge is -2.41. The number of nitrogens with one attached hydrogen (secondary N) is 1. The molecule has 4 rings (SSSR count). The predicted octanol–water partition coefficient (Wildman–Crippen LogP) is 2.66. The van der Waals surface area contributed by atoms with E-state index in [-0.39, 0.29) is 12.1 Å². The van der Waals surface area contributed by atoms with Gasteiger partial charge in [0.15, 0.2) is 5.82 Å². The van der Waals surface area contributed by atoms with Gasteiger partial charge < -0.3 is 14.8 Å². The number of urea groups is 1. The van der Waals surface area contributed by atoms with Crippen molar-refractivity contribution >= 4 is 6.03 Å². The highest BCUT2D eigenvalue weighted by atomic mass is 16.2. The van der Waals surface area contributed by atoms with Crippen molar-refractivity contribution in [3.8, 4) is 0 Å². The van der Waals surface area contributed by atoms with Gasteiger partial charge in [0.05, 0.1) is 12.6 Å². The number of hydrogen-bond acceptors (Lipinski definition) is 3. The van der Waals surface area contributed by atoms with Gasteiger partial charge in [-0.05, 0) is 24.8 Å². The second kappa shape index (κ2) is 6.63. The van der Waals surface area contributed by atoms with Gasteiger partial charge in [-0.1, -0.05) is 36.8 Å². The van der Waals surface area contributed by atoms with Gasteiger partial charge in [0.1, 0.15) is 5.82 Å². The summed E-state index contributed by atoms with van der Waals surface area (Å²) in [5.74, 6) is 1.93. The van der Waals surface area contributed by atoms with Crippen LogP contribution >= 0.6 is 0 Å². The number of aromatic nitrogens is 3. The van der Waals surface area contributed by atoms with Gasteiger partial charge in [0.2, 0.25) is 0 Å². The van der Waals surface area contributed by atoms with Crippen molar-refractivity contribution in [1.29, 1.82) is 0 Å².